The van der Waals surface area contributed by atoms with E-state index >= 15 is 0 Å². The highest BCUT2D eigenvalue weighted by atomic mass is 16.7. The molecule has 0 aliphatic heterocycles. The molecule has 0 aromatic rings. The topological polar surface area (TPSA) is 96.9 Å². The van der Waals surface area contributed by atoms with Crippen LogP contribution in [-0.4, -0.2) is 42.5 Å². The van der Waals surface area contributed by atoms with Crippen LogP contribution in [-0.2, 0) is 14.4 Å². The molecule has 0 saturated carbocycles. The van der Waals surface area contributed by atoms with Crippen LogP contribution in [0.25, 0.3) is 0 Å². The molecule has 7 heteroatoms. The molecule has 0 fully saturated rings. The molecule has 0 atom stereocenters. The molecule has 0 rings (SSSR count). The Labute approximate surface area is 94.1 Å². The van der Waals surface area contributed by atoms with Crippen molar-refractivity contribution in [3.8, 4) is 0 Å². The minimum absolute atomic E-state index is 0.295. The molecule has 0 aromatic heterocycles. The van der Waals surface area contributed by atoms with E-state index < -0.39 is 24.2 Å². The lowest BCUT2D eigenvalue weighted by Crippen LogP contribution is -2.45. The van der Waals surface area contributed by atoms with Gasteiger partial charge in [-0.05, 0) is 20.8 Å². The largest absolute Gasteiger partial charge is 0.479 e. The molecular weight excluding hydrogens is 216 g/mol. The van der Waals surface area contributed by atoms with Gasteiger partial charge in [-0.1, -0.05) is 0 Å². The van der Waals surface area contributed by atoms with Gasteiger partial charge in [0.1, 0.15) is 0 Å². The van der Waals surface area contributed by atoms with Crippen molar-refractivity contribution in [1.82, 2.24) is 10.8 Å². The molecule has 0 heterocycles. The van der Waals surface area contributed by atoms with Crippen molar-refractivity contribution < 1.29 is 24.3 Å². The van der Waals surface area contributed by atoms with Gasteiger partial charge in [0.25, 0.3) is 0 Å². The summed E-state index contributed by atoms with van der Waals surface area (Å²) in [5.41, 5.74) is 1.47. The van der Waals surface area contributed by atoms with Crippen molar-refractivity contribution in [2.45, 2.75) is 26.4 Å². The number of ether oxygens (including phenoxy) is 1. The Balaban J connectivity index is 3.68. The van der Waals surface area contributed by atoms with Crippen molar-refractivity contribution in [2.75, 3.05) is 19.8 Å². The van der Waals surface area contributed by atoms with E-state index in [2.05, 4.69) is 10.2 Å². The molecule has 0 aromatic carbocycles. The molecule has 0 spiro atoms. The number of rotatable bonds is 7. The summed E-state index contributed by atoms with van der Waals surface area (Å²) in [6.45, 7) is 5.78. The van der Waals surface area contributed by atoms with Crippen LogP contribution in [0.5, 0.6) is 0 Å². The van der Waals surface area contributed by atoms with Gasteiger partial charge >= 0.3 is 12.0 Å². The molecule has 0 aliphatic rings. The Morgan fingerprint density at radius 2 is 2.00 bits per heavy atom. The fourth-order valence-corrected chi connectivity index (χ4v) is 0.934. The minimum Gasteiger partial charge on any atom is -0.479 e. The van der Waals surface area contributed by atoms with E-state index in [4.69, 9.17) is 9.84 Å². The number of hydrogen-bond acceptors (Lipinski definition) is 4. The highest BCUT2D eigenvalue weighted by Crippen LogP contribution is 2.06. The van der Waals surface area contributed by atoms with Crippen LogP contribution in [0.4, 0.5) is 4.79 Å². The Morgan fingerprint density at radius 3 is 2.50 bits per heavy atom. The normalized spacial score (nSPS) is 10.9. The fraction of sp³-hybridized carbons (Fsp3) is 0.778. The van der Waals surface area contributed by atoms with Crippen LogP contribution >= 0.6 is 0 Å². The van der Waals surface area contributed by atoms with Gasteiger partial charge < -0.3 is 15.2 Å². The third-order valence-electron chi connectivity index (χ3n) is 1.57. The van der Waals surface area contributed by atoms with Gasteiger partial charge in [0.2, 0.25) is 0 Å². The van der Waals surface area contributed by atoms with Crippen LogP contribution in [0, 0.1) is 0 Å². The summed E-state index contributed by atoms with van der Waals surface area (Å²) in [7, 11) is 0. The number of urea groups is 1. The quantitative estimate of drug-likeness (QED) is 0.543. The smallest absolute Gasteiger partial charge is 0.338 e. The maximum Gasteiger partial charge on any atom is 0.338 e. The van der Waals surface area contributed by atoms with Crippen LogP contribution < -0.4 is 10.8 Å². The Hall–Kier alpha value is -1.34. The monoisotopic (exact) mass is 234 g/mol. The molecule has 0 aliphatic carbocycles. The molecule has 3 N–H and O–H groups in total. The summed E-state index contributed by atoms with van der Waals surface area (Å²) >= 11 is 0. The summed E-state index contributed by atoms with van der Waals surface area (Å²) in [4.78, 5) is 25.5. The van der Waals surface area contributed by atoms with Crippen molar-refractivity contribution in [3.05, 3.63) is 0 Å². The Kier molecular flexibility index (Phi) is 6.43. The Bertz CT molecular complexity index is 242. The lowest BCUT2D eigenvalue weighted by Gasteiger charge is -2.24. The summed E-state index contributed by atoms with van der Waals surface area (Å²) in [6.07, 6.45) is 0. The number of carbonyl (C=O) groups excluding carboxylic acids is 1. The van der Waals surface area contributed by atoms with E-state index in [-0.39, 0.29) is 0 Å². The number of carboxylic acid groups (broad SMARTS) is 1. The average molecular weight is 234 g/mol. The predicted octanol–water partition coefficient (Wildman–Crippen LogP) is 0.117. The van der Waals surface area contributed by atoms with Gasteiger partial charge in [-0.25, -0.2) is 15.1 Å². The number of carboxylic acids is 1. The second kappa shape index (κ2) is 7.02. The molecule has 0 saturated heterocycles. The van der Waals surface area contributed by atoms with Crippen molar-refractivity contribution >= 4 is 12.0 Å². The molecule has 16 heavy (non-hydrogen) atoms. The molecule has 7 nitrogen and oxygen atoms in total. The summed E-state index contributed by atoms with van der Waals surface area (Å²) in [5, 5.41) is 10.7. The summed E-state index contributed by atoms with van der Waals surface area (Å²) in [5.74, 6) is -1.16. The Morgan fingerprint density at radius 1 is 1.38 bits per heavy atom. The van der Waals surface area contributed by atoms with Crippen molar-refractivity contribution in [1.29, 1.82) is 0 Å². The van der Waals surface area contributed by atoms with E-state index in [9.17, 15) is 9.59 Å². The number of carbonyl (C=O) groups is 2. The first kappa shape index (κ1) is 14.7. The van der Waals surface area contributed by atoms with Crippen LogP contribution in [0.15, 0.2) is 0 Å². The van der Waals surface area contributed by atoms with E-state index in [1.807, 2.05) is 26.3 Å². The van der Waals surface area contributed by atoms with Crippen LogP contribution in [0.2, 0.25) is 0 Å². The first-order chi connectivity index (χ1) is 7.37. The minimum atomic E-state index is -1.16. The summed E-state index contributed by atoms with van der Waals surface area (Å²) in [6, 6.07) is -0.603. The maximum absolute atomic E-state index is 11.1. The van der Waals surface area contributed by atoms with Gasteiger partial charge in [-0.15, -0.1) is 0 Å². The number of nitrogens with one attached hydrogen (secondary N) is 2. The maximum atomic E-state index is 11.1. The highest BCUT2D eigenvalue weighted by molar-refractivity contribution is 5.73. The van der Waals surface area contributed by atoms with Gasteiger partial charge in [-0.2, -0.15) is 0 Å². The first-order valence-corrected chi connectivity index (χ1v) is 4.89. The van der Waals surface area contributed by atoms with E-state index in [1.165, 1.54) is 0 Å². The van der Waals surface area contributed by atoms with Gasteiger partial charge in [-0.3, -0.25) is 4.84 Å². The lowest BCUT2D eigenvalue weighted by atomic mass is 10.1. The van der Waals surface area contributed by atoms with E-state index in [0.717, 1.165) is 0 Å². The van der Waals surface area contributed by atoms with Gasteiger partial charge in [0.15, 0.2) is 6.61 Å². The third-order valence-corrected chi connectivity index (χ3v) is 1.57. The van der Waals surface area contributed by atoms with Crippen LogP contribution in [0.3, 0.4) is 0 Å². The lowest BCUT2D eigenvalue weighted by molar-refractivity contribution is -0.144. The second-order valence-corrected chi connectivity index (χ2v) is 3.66. The zero-order chi connectivity index (χ0) is 12.6. The van der Waals surface area contributed by atoms with Crippen LogP contribution in [0.1, 0.15) is 20.8 Å². The average Bonchev–Trinajstić information content (AvgIpc) is 2.14. The molecule has 2 amide bonds. The van der Waals surface area contributed by atoms with E-state index in [1.54, 1.807) is 0 Å². The molecule has 0 radical (unpaired) electrons. The van der Waals surface area contributed by atoms with Crippen molar-refractivity contribution in [2.24, 2.45) is 0 Å². The van der Waals surface area contributed by atoms with E-state index in [0.29, 0.717) is 13.2 Å². The van der Waals surface area contributed by atoms with Gasteiger partial charge in [0, 0.05) is 13.2 Å². The number of amides is 2. The molecule has 0 unspecified atom stereocenters. The number of hydrogen-bond donors (Lipinski definition) is 3. The van der Waals surface area contributed by atoms with Crippen molar-refractivity contribution in [3.63, 3.8) is 0 Å². The van der Waals surface area contributed by atoms with Gasteiger partial charge in [0.05, 0.1) is 5.60 Å². The molecule has 0 bridgehead atoms. The summed E-state index contributed by atoms with van der Waals surface area (Å²) < 4.78 is 5.34. The molecule has 94 valence electrons. The number of aliphatic carboxylic acids is 1. The molecular formula is C9H18N2O5. The third kappa shape index (κ3) is 8.01. The number of hydroxylamine groups is 1. The highest BCUT2D eigenvalue weighted by Gasteiger charge is 2.18. The first-order valence-electron chi connectivity index (χ1n) is 4.89. The SMILES string of the molecule is CCOC(C)(C)CNC(=O)NOCC(=O)O. The second-order valence-electron chi connectivity index (χ2n) is 3.66. The fourth-order valence-electron chi connectivity index (χ4n) is 0.934. The zero-order valence-electron chi connectivity index (χ0n) is 9.70. The standard InChI is InChI=1S/C9H18N2O5/c1-4-15-9(2,3)6-10-8(14)11-16-5-7(12)13/h4-6H2,1-3H3,(H,12,13)(H2,10,11,14). The zero-order valence-corrected chi connectivity index (χ0v) is 9.70. The predicted molar refractivity (Wildman–Crippen MR) is 55.8 cm³/mol.